The number of hydrogen-bond donors (Lipinski definition) is 1. The van der Waals surface area contributed by atoms with Crippen molar-refractivity contribution >= 4 is 50.8 Å². The van der Waals surface area contributed by atoms with E-state index in [4.69, 9.17) is 0 Å². The Balaban J connectivity index is 0.00000280. The molecule has 1 N–H and O–H groups in total. The maximum absolute atomic E-state index is 12.2. The van der Waals surface area contributed by atoms with E-state index >= 15 is 0 Å². The Hall–Kier alpha value is -1.36. The number of aliphatic imine (C=N–C) groups is 1. The lowest BCUT2D eigenvalue weighted by atomic mass is 10.2. The molecule has 1 saturated heterocycles. The molecule has 156 valence electrons. The Morgan fingerprint density at radius 2 is 2.04 bits per heavy atom. The summed E-state index contributed by atoms with van der Waals surface area (Å²) in [4.78, 5) is 11.0. The normalized spacial score (nSPS) is 18.7. The first kappa shape index (κ1) is 22.9. The largest absolute Gasteiger partial charge is 0.356 e. The van der Waals surface area contributed by atoms with Crippen LogP contribution in [0.2, 0.25) is 0 Å². The van der Waals surface area contributed by atoms with Crippen LogP contribution in [0.4, 0.5) is 0 Å². The minimum atomic E-state index is -3.05. The third-order valence-electron chi connectivity index (χ3n) is 5.24. The van der Waals surface area contributed by atoms with Gasteiger partial charge in [0.05, 0.1) is 21.5 Å². The van der Waals surface area contributed by atoms with Crippen LogP contribution >= 0.6 is 24.0 Å². The van der Waals surface area contributed by atoms with Gasteiger partial charge in [0.25, 0.3) is 0 Å². The summed E-state index contributed by atoms with van der Waals surface area (Å²) in [5.74, 6) is 1.95. The van der Waals surface area contributed by atoms with Crippen LogP contribution in [-0.4, -0.2) is 66.0 Å². The Morgan fingerprint density at radius 3 is 2.71 bits per heavy atom. The van der Waals surface area contributed by atoms with Gasteiger partial charge in [-0.2, -0.15) is 0 Å². The van der Waals surface area contributed by atoms with Gasteiger partial charge in [0.2, 0.25) is 0 Å². The van der Waals surface area contributed by atoms with Gasteiger partial charge in [-0.25, -0.2) is 13.4 Å². The Labute approximate surface area is 184 Å². The molecule has 0 amide bonds. The van der Waals surface area contributed by atoms with Crippen molar-refractivity contribution in [3.05, 3.63) is 30.1 Å². The summed E-state index contributed by atoms with van der Waals surface area (Å²) >= 11 is 0. The monoisotopic (exact) mass is 519 g/mol. The average Bonchev–Trinajstić information content (AvgIpc) is 2.93. The van der Waals surface area contributed by atoms with E-state index < -0.39 is 14.6 Å². The van der Waals surface area contributed by atoms with Gasteiger partial charge in [-0.3, -0.25) is 4.99 Å². The molecular formula is C19H30IN5O2S. The highest BCUT2D eigenvalue weighted by Gasteiger charge is 2.40. The summed E-state index contributed by atoms with van der Waals surface area (Å²) in [5.41, 5.74) is 2.18. The second-order valence-corrected chi connectivity index (χ2v) is 10.4. The van der Waals surface area contributed by atoms with Crippen molar-refractivity contribution in [2.45, 2.75) is 38.5 Å². The smallest absolute Gasteiger partial charge is 0.193 e. The number of hydrogen-bond acceptors (Lipinski definition) is 4. The van der Waals surface area contributed by atoms with Crippen LogP contribution in [0, 0.1) is 6.92 Å². The van der Waals surface area contributed by atoms with E-state index in [-0.39, 0.29) is 29.7 Å². The van der Waals surface area contributed by atoms with Crippen LogP contribution in [0.3, 0.4) is 0 Å². The number of sulfone groups is 1. The number of fused-ring (bicyclic) bond motifs is 1. The standard InChI is InChI=1S/C19H29N5O2S.HI/c1-15-22-16-8-5-6-9-17(16)24(15)11-7-10-21-18(20-4)23-12-13-27(25,26)19(2,3)14-23;/h5-6,8-9H,7,10-14H2,1-4H3,(H,20,21);1H. The second kappa shape index (κ2) is 8.98. The van der Waals surface area contributed by atoms with Crippen molar-refractivity contribution in [1.29, 1.82) is 0 Å². The number of guanidine groups is 1. The fourth-order valence-corrected chi connectivity index (χ4v) is 4.94. The molecule has 3 rings (SSSR count). The molecule has 28 heavy (non-hydrogen) atoms. The molecule has 1 aliphatic rings. The molecule has 1 aromatic heterocycles. The lowest BCUT2D eigenvalue weighted by Gasteiger charge is -2.39. The van der Waals surface area contributed by atoms with Gasteiger partial charge >= 0.3 is 0 Å². The van der Waals surface area contributed by atoms with Crippen molar-refractivity contribution in [2.24, 2.45) is 4.99 Å². The van der Waals surface area contributed by atoms with Crippen LogP contribution in [0.15, 0.2) is 29.3 Å². The molecule has 0 saturated carbocycles. The van der Waals surface area contributed by atoms with E-state index in [0.717, 1.165) is 42.3 Å². The third-order valence-corrected chi connectivity index (χ3v) is 7.77. The molecule has 1 aromatic carbocycles. The van der Waals surface area contributed by atoms with Gasteiger partial charge in [0.1, 0.15) is 5.82 Å². The Kier molecular flexibility index (Phi) is 7.35. The molecule has 0 bridgehead atoms. The molecule has 1 aliphatic heterocycles. The lowest BCUT2D eigenvalue weighted by molar-refractivity contribution is 0.353. The Bertz CT molecular complexity index is 952. The van der Waals surface area contributed by atoms with E-state index in [1.165, 1.54) is 0 Å². The average molecular weight is 519 g/mol. The number of halogens is 1. The van der Waals surface area contributed by atoms with Crippen molar-refractivity contribution in [2.75, 3.05) is 32.4 Å². The Morgan fingerprint density at radius 1 is 1.32 bits per heavy atom. The van der Waals surface area contributed by atoms with E-state index in [1.807, 2.05) is 30.0 Å². The number of imidazole rings is 1. The third kappa shape index (κ3) is 4.61. The first-order chi connectivity index (χ1) is 12.7. The number of aromatic nitrogens is 2. The molecule has 0 aliphatic carbocycles. The van der Waals surface area contributed by atoms with Crippen LogP contribution in [0.25, 0.3) is 11.0 Å². The summed E-state index contributed by atoms with van der Waals surface area (Å²) in [7, 11) is -1.31. The topological polar surface area (TPSA) is 79.6 Å². The molecule has 0 radical (unpaired) electrons. The minimum absolute atomic E-state index is 0. The van der Waals surface area contributed by atoms with Crippen molar-refractivity contribution in [3.63, 3.8) is 0 Å². The van der Waals surface area contributed by atoms with E-state index in [1.54, 1.807) is 20.9 Å². The van der Waals surface area contributed by atoms with Crippen molar-refractivity contribution in [1.82, 2.24) is 19.8 Å². The highest BCUT2D eigenvalue weighted by molar-refractivity contribution is 14.0. The molecule has 2 heterocycles. The van der Waals surface area contributed by atoms with Gasteiger partial charge in [-0.05, 0) is 39.3 Å². The van der Waals surface area contributed by atoms with Crippen LogP contribution in [0.5, 0.6) is 0 Å². The summed E-state index contributed by atoms with van der Waals surface area (Å²) < 4.78 is 25.9. The molecular weight excluding hydrogens is 489 g/mol. The zero-order valence-corrected chi connectivity index (χ0v) is 20.1. The molecule has 2 aromatic rings. The summed E-state index contributed by atoms with van der Waals surface area (Å²) in [5, 5.41) is 3.38. The van der Waals surface area contributed by atoms with Gasteiger partial charge in [-0.1, -0.05) is 12.1 Å². The lowest BCUT2D eigenvalue weighted by Crippen LogP contribution is -2.57. The summed E-state index contributed by atoms with van der Waals surface area (Å²) in [6, 6.07) is 8.17. The zero-order valence-electron chi connectivity index (χ0n) is 17.0. The van der Waals surface area contributed by atoms with Gasteiger partial charge in [-0.15, -0.1) is 24.0 Å². The van der Waals surface area contributed by atoms with Crippen molar-refractivity contribution < 1.29 is 8.42 Å². The number of benzene rings is 1. The first-order valence-corrected chi connectivity index (χ1v) is 11.0. The number of nitrogens with zero attached hydrogens (tertiary/aromatic N) is 4. The van der Waals surface area contributed by atoms with Crippen LogP contribution in [-0.2, 0) is 16.4 Å². The maximum Gasteiger partial charge on any atom is 0.193 e. The highest BCUT2D eigenvalue weighted by Crippen LogP contribution is 2.23. The molecule has 0 atom stereocenters. The number of para-hydroxylation sites is 2. The molecule has 1 fully saturated rings. The predicted octanol–water partition coefficient (Wildman–Crippen LogP) is 2.44. The van der Waals surface area contributed by atoms with Crippen LogP contribution < -0.4 is 5.32 Å². The number of nitrogens with one attached hydrogen (secondary N) is 1. The van der Waals surface area contributed by atoms with Gasteiger partial charge in [0.15, 0.2) is 15.8 Å². The summed E-state index contributed by atoms with van der Waals surface area (Å²) in [6.07, 6.45) is 0.926. The fourth-order valence-electron chi connectivity index (χ4n) is 3.57. The van der Waals surface area contributed by atoms with E-state index in [9.17, 15) is 8.42 Å². The SMILES string of the molecule is CN=C(NCCCn1c(C)nc2ccccc21)N1CCS(=O)(=O)C(C)(C)C1.I. The molecule has 7 nitrogen and oxygen atoms in total. The van der Waals surface area contributed by atoms with Gasteiger partial charge < -0.3 is 14.8 Å². The first-order valence-electron chi connectivity index (χ1n) is 9.35. The number of aryl methyl sites for hydroxylation is 2. The maximum atomic E-state index is 12.2. The zero-order chi connectivity index (χ0) is 19.7. The highest BCUT2D eigenvalue weighted by atomic mass is 127. The fraction of sp³-hybridized carbons (Fsp3) is 0.579. The summed E-state index contributed by atoms with van der Waals surface area (Å²) in [6.45, 7) is 8.18. The second-order valence-electron chi connectivity index (χ2n) is 7.63. The number of rotatable bonds is 4. The van der Waals surface area contributed by atoms with Gasteiger partial charge in [0, 0.05) is 33.2 Å². The van der Waals surface area contributed by atoms with Crippen molar-refractivity contribution in [3.8, 4) is 0 Å². The van der Waals surface area contributed by atoms with Crippen LogP contribution in [0.1, 0.15) is 26.1 Å². The quantitative estimate of drug-likeness (QED) is 0.291. The van der Waals surface area contributed by atoms with E-state index in [2.05, 4.69) is 25.9 Å². The minimum Gasteiger partial charge on any atom is -0.356 e. The molecule has 0 spiro atoms. The predicted molar refractivity (Wildman–Crippen MR) is 125 cm³/mol. The molecule has 0 unspecified atom stereocenters. The van der Waals surface area contributed by atoms with E-state index in [0.29, 0.717) is 13.1 Å². The molecule has 9 heteroatoms.